The molecule has 0 aromatic carbocycles. The monoisotopic (exact) mass is 661 g/mol. The van der Waals surface area contributed by atoms with Crippen LogP contribution < -0.4 is 5.32 Å². The molecule has 45 heavy (non-hydrogen) atoms. The molecule has 0 aliphatic carbocycles. The first kappa shape index (κ1) is 34.9. The highest BCUT2D eigenvalue weighted by Gasteiger charge is 2.65. The Hall–Kier alpha value is -1.40. The lowest BCUT2D eigenvalue weighted by molar-refractivity contribution is -0.357. The van der Waals surface area contributed by atoms with Gasteiger partial charge in [-0.3, -0.25) is 0 Å². The average Bonchev–Trinajstić information content (AvgIpc) is 3.46. The van der Waals surface area contributed by atoms with Crippen LogP contribution in [0.1, 0.15) is 61.8 Å². The quantitative estimate of drug-likeness (QED) is 0.315. The summed E-state index contributed by atoms with van der Waals surface area (Å²) in [4.78, 5) is 26.9. The number of hydrogen-bond donors (Lipinski definition) is 1. The van der Waals surface area contributed by atoms with E-state index in [4.69, 9.17) is 51.8 Å². The van der Waals surface area contributed by atoms with Gasteiger partial charge >= 0.3 is 12.1 Å². The van der Waals surface area contributed by atoms with Crippen LogP contribution in [0.2, 0.25) is 18.1 Å². The number of cyclic esters (lactones) is 1. The zero-order chi connectivity index (χ0) is 33.3. The normalized spacial score (nSPS) is 42.7. The van der Waals surface area contributed by atoms with Crippen molar-refractivity contribution in [3.63, 3.8) is 0 Å². The van der Waals surface area contributed by atoms with Gasteiger partial charge in [0.05, 0.1) is 32.0 Å². The van der Waals surface area contributed by atoms with E-state index in [9.17, 15) is 9.59 Å². The third-order valence-electron chi connectivity index (χ3n) is 9.67. The maximum atomic E-state index is 13.9. The van der Waals surface area contributed by atoms with Crippen LogP contribution in [0.3, 0.4) is 0 Å². The average molecular weight is 662 g/mol. The lowest BCUT2D eigenvalue weighted by Crippen LogP contribution is -2.74. The summed E-state index contributed by atoms with van der Waals surface area (Å²) in [6.45, 7) is 19.6. The third kappa shape index (κ3) is 6.67. The van der Waals surface area contributed by atoms with Crippen molar-refractivity contribution in [3.8, 4) is 0 Å². The van der Waals surface area contributed by atoms with Gasteiger partial charge in [0.1, 0.15) is 30.5 Å². The maximum absolute atomic E-state index is 13.9. The van der Waals surface area contributed by atoms with Gasteiger partial charge in [-0.2, -0.15) is 0 Å². The molecule has 11 atom stereocenters. The lowest BCUT2D eigenvalue weighted by atomic mass is 9.87. The second-order valence-electron chi connectivity index (χ2n) is 14.9. The fourth-order valence-corrected chi connectivity index (χ4v) is 7.83. The number of rotatable bonds is 7. The van der Waals surface area contributed by atoms with E-state index >= 15 is 0 Å². The Labute approximate surface area is 266 Å². The molecule has 0 radical (unpaired) electrons. The van der Waals surface area contributed by atoms with Gasteiger partial charge in [-0.05, 0) is 52.8 Å². The molecule has 0 saturated carbocycles. The molecule has 258 valence electrons. The zero-order valence-corrected chi connectivity index (χ0v) is 29.5. The highest BCUT2D eigenvalue weighted by atomic mass is 28.4. The van der Waals surface area contributed by atoms with Crippen molar-refractivity contribution in [3.05, 3.63) is 0 Å². The van der Waals surface area contributed by atoms with Crippen molar-refractivity contribution in [2.45, 2.75) is 158 Å². The van der Waals surface area contributed by atoms with Gasteiger partial charge in [0.15, 0.2) is 32.3 Å². The van der Waals surface area contributed by atoms with Crippen LogP contribution in [0.4, 0.5) is 4.79 Å². The molecule has 5 aliphatic rings. The van der Waals surface area contributed by atoms with Gasteiger partial charge in [-0.25, -0.2) is 9.59 Å². The van der Waals surface area contributed by atoms with Crippen LogP contribution in [0.5, 0.6) is 0 Å². The van der Waals surface area contributed by atoms with Crippen molar-refractivity contribution in [1.82, 2.24) is 5.32 Å². The molecule has 0 aromatic heterocycles. The summed E-state index contributed by atoms with van der Waals surface area (Å²) >= 11 is 0. The molecule has 5 heterocycles. The number of fused-ring (bicyclic) bond motifs is 2. The summed E-state index contributed by atoms with van der Waals surface area (Å²) in [5.74, 6) is -4.66. The Morgan fingerprint density at radius 2 is 1.62 bits per heavy atom. The van der Waals surface area contributed by atoms with Crippen LogP contribution in [0.25, 0.3) is 0 Å². The van der Waals surface area contributed by atoms with Crippen molar-refractivity contribution in [2.24, 2.45) is 0 Å². The molecule has 0 spiro atoms. The predicted molar refractivity (Wildman–Crippen MR) is 158 cm³/mol. The Bertz CT molecular complexity index is 1130. The highest BCUT2D eigenvalue weighted by molar-refractivity contribution is 6.74. The minimum Gasteiger partial charge on any atom is -0.465 e. The molecule has 1 amide bonds. The fraction of sp³-hybridized carbons (Fsp3) is 0.933. The maximum Gasteiger partial charge on any atom is 0.408 e. The van der Waals surface area contributed by atoms with E-state index in [2.05, 4.69) is 39.2 Å². The number of ether oxygens (including phenoxy) is 10. The Morgan fingerprint density at radius 1 is 0.956 bits per heavy atom. The fourth-order valence-electron chi connectivity index (χ4n) is 6.49. The summed E-state index contributed by atoms with van der Waals surface area (Å²) < 4.78 is 67.7. The van der Waals surface area contributed by atoms with E-state index in [-0.39, 0.29) is 18.1 Å². The van der Waals surface area contributed by atoms with E-state index in [1.165, 1.54) is 14.2 Å². The van der Waals surface area contributed by atoms with Gasteiger partial charge in [-0.15, -0.1) is 0 Å². The lowest BCUT2D eigenvalue weighted by Gasteiger charge is -2.54. The number of hydrogen-bond acceptors (Lipinski definition) is 13. The number of esters is 1. The number of alkyl carbamates (subject to hydrolysis) is 1. The highest BCUT2D eigenvalue weighted by Crippen LogP contribution is 2.46. The second kappa shape index (κ2) is 11.9. The summed E-state index contributed by atoms with van der Waals surface area (Å²) in [6, 6.07) is -0.699. The number of carbonyl (C=O) groups is 2. The predicted octanol–water partition coefficient (Wildman–Crippen LogP) is 2.96. The summed E-state index contributed by atoms with van der Waals surface area (Å²) in [7, 11) is 0.303. The van der Waals surface area contributed by atoms with Crippen LogP contribution in [0.15, 0.2) is 0 Å². The van der Waals surface area contributed by atoms with Crippen LogP contribution in [-0.4, -0.2) is 120 Å². The van der Waals surface area contributed by atoms with Crippen LogP contribution in [-0.2, 0) is 56.6 Å². The largest absolute Gasteiger partial charge is 0.465 e. The van der Waals surface area contributed by atoms with Crippen molar-refractivity contribution >= 4 is 20.4 Å². The number of amides is 1. The van der Waals surface area contributed by atoms with Gasteiger partial charge in [0.25, 0.3) is 5.79 Å². The molecule has 0 unspecified atom stereocenters. The van der Waals surface area contributed by atoms with E-state index in [1.807, 2.05) is 0 Å². The summed E-state index contributed by atoms with van der Waals surface area (Å²) in [6.07, 6.45) is -7.56. The minimum atomic E-state index is -2.49. The first-order chi connectivity index (χ1) is 20.7. The summed E-state index contributed by atoms with van der Waals surface area (Å²) in [5.41, 5.74) is 0. The standard InChI is InChI=1S/C30H51NO13Si/c1-15-19(22-23(24(34-9)37-15)41-29(7,8)40-22)42-30(25(32)35-10)13-16(44-45(11,12)27(2,3)4)18-21(43-30)20(38-26(33)31-18)17-14-36-28(5,6)39-17/h15-24H,13-14H2,1-12H3,(H,31,33)/t15-,16-,17+,18+,19-,20+,21+,22+,23+,24+,30-/m0/s1. The number of nitrogens with one attached hydrogen (secondary N) is 1. The van der Waals surface area contributed by atoms with Crippen LogP contribution in [0, 0.1) is 0 Å². The van der Waals surface area contributed by atoms with Gasteiger partial charge < -0.3 is 57.1 Å². The molecule has 5 saturated heterocycles. The van der Waals surface area contributed by atoms with Crippen molar-refractivity contribution in [2.75, 3.05) is 20.8 Å². The number of methoxy groups -OCH3 is 2. The smallest absolute Gasteiger partial charge is 0.408 e. The van der Waals surface area contributed by atoms with Gasteiger partial charge in [0.2, 0.25) is 0 Å². The molecule has 0 bridgehead atoms. The molecule has 5 rings (SSSR count). The second-order valence-corrected chi connectivity index (χ2v) is 19.7. The first-order valence-electron chi connectivity index (χ1n) is 15.7. The molecular formula is C30H51NO13Si. The summed E-state index contributed by atoms with van der Waals surface area (Å²) in [5, 5.41) is 2.72. The van der Waals surface area contributed by atoms with Gasteiger partial charge in [0, 0.05) is 13.5 Å². The molecule has 15 heteroatoms. The van der Waals surface area contributed by atoms with E-state index in [0.717, 1.165) is 0 Å². The van der Waals surface area contributed by atoms with Crippen molar-refractivity contribution in [1.29, 1.82) is 0 Å². The molecule has 1 N–H and O–H groups in total. The molecular weight excluding hydrogens is 610 g/mol. The number of carbonyl (C=O) groups excluding carboxylic acids is 2. The Balaban J connectivity index is 1.56. The van der Waals surface area contributed by atoms with Gasteiger partial charge in [-0.1, -0.05) is 20.8 Å². The Morgan fingerprint density at radius 3 is 2.20 bits per heavy atom. The zero-order valence-electron chi connectivity index (χ0n) is 28.5. The molecule has 0 aromatic rings. The van der Waals surface area contributed by atoms with Crippen molar-refractivity contribution < 1.29 is 61.4 Å². The first-order valence-corrected chi connectivity index (χ1v) is 18.6. The Kier molecular flexibility index (Phi) is 9.26. The molecule has 14 nitrogen and oxygen atoms in total. The topological polar surface area (TPSA) is 148 Å². The van der Waals surface area contributed by atoms with E-state index in [0.29, 0.717) is 0 Å². The van der Waals surface area contributed by atoms with Crippen LogP contribution >= 0.6 is 0 Å². The minimum absolute atomic E-state index is 0.0908. The van der Waals surface area contributed by atoms with E-state index < -0.39 is 98.9 Å². The third-order valence-corrected chi connectivity index (χ3v) is 14.2. The molecule has 5 fully saturated rings. The molecule has 5 aliphatic heterocycles. The van der Waals surface area contributed by atoms with E-state index in [1.54, 1.807) is 34.6 Å². The SMILES string of the molecule is COC(=O)[C@]1(O[C@@H]2[C@H]3OC(C)(C)O[C@H]3[C@H](OC)O[C@H]2C)C[C@H](O[Si](C)(C)C(C)(C)C)[C@H]2NC(=O)O[C@H]([C@H]3COC(C)(C)O3)[C@@H]2O1.